The minimum Gasteiger partial charge on any atom is -0.382 e. The van der Waals surface area contributed by atoms with Crippen LogP contribution in [0.1, 0.15) is 12.8 Å². The fourth-order valence-corrected chi connectivity index (χ4v) is 2.07. The van der Waals surface area contributed by atoms with Crippen LogP contribution >= 0.6 is 27.5 Å². The molecule has 1 aliphatic rings. The molecule has 0 aliphatic carbocycles. The fraction of sp³-hybridized carbons (Fsp3) is 0.455. The molecule has 1 atom stereocenters. The van der Waals surface area contributed by atoms with Gasteiger partial charge in [0.05, 0.1) is 11.1 Å². The molecule has 1 fully saturated rings. The van der Waals surface area contributed by atoms with Gasteiger partial charge in [0.15, 0.2) is 0 Å². The van der Waals surface area contributed by atoms with Gasteiger partial charge in [0.1, 0.15) is 0 Å². The van der Waals surface area contributed by atoms with E-state index < -0.39 is 0 Å². The molecule has 1 heterocycles. The van der Waals surface area contributed by atoms with Gasteiger partial charge in [-0.15, -0.1) is 0 Å². The van der Waals surface area contributed by atoms with Gasteiger partial charge >= 0.3 is 0 Å². The first-order valence-corrected chi connectivity index (χ1v) is 6.23. The van der Waals surface area contributed by atoms with Crippen LogP contribution in [0.3, 0.4) is 0 Å². The van der Waals surface area contributed by atoms with Gasteiger partial charge in [0, 0.05) is 23.3 Å². The van der Waals surface area contributed by atoms with E-state index in [1.165, 1.54) is 6.42 Å². The van der Waals surface area contributed by atoms with Gasteiger partial charge in [-0.05, 0) is 47.0 Å². The van der Waals surface area contributed by atoms with Gasteiger partial charge in [-0.1, -0.05) is 11.6 Å². The van der Waals surface area contributed by atoms with Crippen LogP contribution in [0, 0.1) is 0 Å². The van der Waals surface area contributed by atoms with Crippen molar-refractivity contribution in [1.82, 2.24) is 0 Å². The molecule has 0 amide bonds. The number of benzene rings is 1. The summed E-state index contributed by atoms with van der Waals surface area (Å²) in [6, 6.07) is 5.87. The standard InChI is InChI=1S/C11H13BrClNO/c12-10-4-3-8(6-11(10)13)14-7-9-2-1-5-15-9/h3-4,6,9,14H,1-2,5,7H2. The smallest absolute Gasteiger partial charge is 0.0748 e. The molecule has 4 heteroatoms. The SMILES string of the molecule is Clc1cc(NCC2CCCO2)ccc1Br. The normalized spacial score (nSPS) is 20.5. The van der Waals surface area contributed by atoms with Crippen molar-refractivity contribution in [2.24, 2.45) is 0 Å². The lowest BCUT2D eigenvalue weighted by atomic mass is 10.2. The van der Waals surface area contributed by atoms with E-state index >= 15 is 0 Å². The second kappa shape index (κ2) is 5.19. The van der Waals surface area contributed by atoms with E-state index in [0.717, 1.165) is 34.8 Å². The van der Waals surface area contributed by atoms with Crippen molar-refractivity contribution in [2.45, 2.75) is 18.9 Å². The third-order valence-electron chi connectivity index (χ3n) is 2.48. The molecule has 0 spiro atoms. The fourth-order valence-electron chi connectivity index (χ4n) is 1.64. The number of hydrogen-bond acceptors (Lipinski definition) is 2. The highest BCUT2D eigenvalue weighted by molar-refractivity contribution is 9.10. The topological polar surface area (TPSA) is 21.3 Å². The molecule has 0 saturated carbocycles. The Balaban J connectivity index is 1.90. The Bertz CT molecular complexity index is 339. The Morgan fingerprint density at radius 1 is 1.53 bits per heavy atom. The third kappa shape index (κ3) is 3.10. The zero-order valence-corrected chi connectivity index (χ0v) is 10.6. The van der Waals surface area contributed by atoms with Gasteiger partial charge < -0.3 is 10.1 Å². The number of ether oxygens (including phenoxy) is 1. The van der Waals surface area contributed by atoms with E-state index in [9.17, 15) is 0 Å². The highest BCUT2D eigenvalue weighted by Crippen LogP contribution is 2.25. The summed E-state index contributed by atoms with van der Waals surface area (Å²) in [6.07, 6.45) is 2.68. The largest absolute Gasteiger partial charge is 0.382 e. The van der Waals surface area contributed by atoms with E-state index in [1.807, 2.05) is 18.2 Å². The Morgan fingerprint density at radius 2 is 2.40 bits per heavy atom. The molecule has 2 rings (SSSR count). The number of nitrogens with one attached hydrogen (secondary N) is 1. The maximum Gasteiger partial charge on any atom is 0.0748 e. The maximum absolute atomic E-state index is 5.99. The first-order valence-electron chi connectivity index (χ1n) is 5.06. The van der Waals surface area contributed by atoms with E-state index in [0.29, 0.717) is 6.10 Å². The van der Waals surface area contributed by atoms with E-state index in [-0.39, 0.29) is 0 Å². The van der Waals surface area contributed by atoms with Crippen LogP contribution < -0.4 is 5.32 Å². The zero-order chi connectivity index (χ0) is 10.7. The molecule has 1 N–H and O–H groups in total. The molecule has 1 aromatic carbocycles. The number of anilines is 1. The summed E-state index contributed by atoms with van der Waals surface area (Å²) in [5, 5.41) is 4.05. The lowest BCUT2D eigenvalue weighted by molar-refractivity contribution is 0.120. The molecule has 1 aromatic rings. The Kier molecular flexibility index (Phi) is 3.89. The highest BCUT2D eigenvalue weighted by atomic mass is 79.9. The first-order chi connectivity index (χ1) is 7.25. The van der Waals surface area contributed by atoms with E-state index in [4.69, 9.17) is 16.3 Å². The summed E-state index contributed by atoms with van der Waals surface area (Å²) in [6.45, 7) is 1.76. The quantitative estimate of drug-likeness (QED) is 0.916. The summed E-state index contributed by atoms with van der Waals surface area (Å²) < 4.78 is 6.45. The molecule has 0 radical (unpaired) electrons. The van der Waals surface area contributed by atoms with Crippen LogP contribution in [0.2, 0.25) is 5.02 Å². The number of hydrogen-bond donors (Lipinski definition) is 1. The zero-order valence-electron chi connectivity index (χ0n) is 8.30. The molecule has 0 aromatic heterocycles. The van der Waals surface area contributed by atoms with Crippen LogP contribution in [0.15, 0.2) is 22.7 Å². The summed E-state index contributed by atoms with van der Waals surface area (Å²) in [5.74, 6) is 0. The van der Waals surface area contributed by atoms with Gasteiger partial charge in [0.2, 0.25) is 0 Å². The Labute approximate surface area is 103 Å². The second-order valence-corrected chi connectivity index (χ2v) is 4.91. The van der Waals surface area contributed by atoms with Crippen molar-refractivity contribution in [3.05, 3.63) is 27.7 Å². The number of halogens is 2. The summed E-state index contributed by atoms with van der Waals surface area (Å²) >= 11 is 9.35. The third-order valence-corrected chi connectivity index (χ3v) is 3.71. The van der Waals surface area contributed by atoms with Crippen molar-refractivity contribution in [2.75, 3.05) is 18.5 Å². The van der Waals surface area contributed by atoms with Gasteiger partial charge in [-0.3, -0.25) is 0 Å². The van der Waals surface area contributed by atoms with Gasteiger partial charge in [0.25, 0.3) is 0 Å². The van der Waals surface area contributed by atoms with Gasteiger partial charge in [-0.2, -0.15) is 0 Å². The van der Waals surface area contributed by atoms with E-state index in [1.54, 1.807) is 0 Å². The molecule has 1 aliphatic heterocycles. The number of rotatable bonds is 3. The molecule has 1 unspecified atom stereocenters. The van der Waals surface area contributed by atoms with E-state index in [2.05, 4.69) is 21.2 Å². The summed E-state index contributed by atoms with van der Waals surface area (Å²) in [7, 11) is 0. The average Bonchev–Trinajstić information content (AvgIpc) is 2.73. The molecule has 0 bridgehead atoms. The lowest BCUT2D eigenvalue weighted by Gasteiger charge is -2.12. The monoisotopic (exact) mass is 289 g/mol. The average molecular weight is 291 g/mol. The highest BCUT2D eigenvalue weighted by Gasteiger charge is 2.14. The predicted octanol–water partition coefficient (Wildman–Crippen LogP) is 3.69. The molecule has 2 nitrogen and oxygen atoms in total. The van der Waals surface area contributed by atoms with Crippen molar-refractivity contribution in [3.8, 4) is 0 Å². The van der Waals surface area contributed by atoms with Crippen LogP contribution in [-0.4, -0.2) is 19.3 Å². The second-order valence-electron chi connectivity index (χ2n) is 3.64. The predicted molar refractivity (Wildman–Crippen MR) is 66.6 cm³/mol. The minimum atomic E-state index is 0.354. The molecule has 15 heavy (non-hydrogen) atoms. The van der Waals surface area contributed by atoms with Crippen molar-refractivity contribution in [1.29, 1.82) is 0 Å². The summed E-state index contributed by atoms with van der Waals surface area (Å²) in [4.78, 5) is 0. The first kappa shape index (κ1) is 11.2. The molecule has 82 valence electrons. The lowest BCUT2D eigenvalue weighted by Crippen LogP contribution is -2.18. The van der Waals surface area contributed by atoms with Crippen LogP contribution in [0.5, 0.6) is 0 Å². The Hall–Kier alpha value is -0.250. The maximum atomic E-state index is 5.99. The molecular weight excluding hydrogens is 277 g/mol. The van der Waals surface area contributed by atoms with Gasteiger partial charge in [-0.25, -0.2) is 0 Å². The van der Waals surface area contributed by atoms with Crippen LogP contribution in [0.4, 0.5) is 5.69 Å². The Morgan fingerprint density at radius 3 is 3.07 bits per heavy atom. The van der Waals surface area contributed by atoms with Crippen LogP contribution in [-0.2, 0) is 4.74 Å². The molecule has 1 saturated heterocycles. The van der Waals surface area contributed by atoms with Crippen molar-refractivity contribution in [3.63, 3.8) is 0 Å². The summed E-state index contributed by atoms with van der Waals surface area (Å²) in [5.41, 5.74) is 1.04. The molecular formula is C11H13BrClNO. The van der Waals surface area contributed by atoms with Crippen LogP contribution in [0.25, 0.3) is 0 Å². The minimum absolute atomic E-state index is 0.354. The van der Waals surface area contributed by atoms with Crippen molar-refractivity contribution < 1.29 is 4.74 Å². The van der Waals surface area contributed by atoms with Crippen molar-refractivity contribution >= 4 is 33.2 Å².